The first-order chi connectivity index (χ1) is 6.29. The molecule has 0 aromatic heterocycles. The second-order valence-electron chi connectivity index (χ2n) is 3.17. The summed E-state index contributed by atoms with van der Waals surface area (Å²) in [6.45, 7) is 2.03. The van der Waals surface area contributed by atoms with E-state index in [4.69, 9.17) is 11.6 Å². The Kier molecular flexibility index (Phi) is 4.63. The second-order valence-corrected chi connectivity index (χ2v) is 3.92. The van der Waals surface area contributed by atoms with E-state index < -0.39 is 0 Å². The third kappa shape index (κ3) is 4.74. The highest BCUT2D eigenvalue weighted by Crippen LogP contribution is 2.07. The first-order valence-corrected chi connectivity index (χ1v) is 5.08. The smallest absolute Gasteiger partial charge is 0.0310 e. The standard InChI is InChI=1S/C12H15Cl/c1-11(13)7-5-6-10-12-8-3-2-4-9-12/h2-4,6,8-11H,5,7H2,1H3/b10-6+. The number of hydrogen-bond donors (Lipinski definition) is 0. The molecule has 70 valence electrons. The van der Waals surface area contributed by atoms with Crippen LogP contribution in [0.15, 0.2) is 36.4 Å². The average molecular weight is 195 g/mol. The van der Waals surface area contributed by atoms with E-state index in [-0.39, 0.29) is 5.38 Å². The predicted octanol–water partition coefficient (Wildman–Crippen LogP) is 4.11. The third-order valence-corrected chi connectivity index (χ3v) is 2.06. The summed E-state index contributed by atoms with van der Waals surface area (Å²) < 4.78 is 0. The summed E-state index contributed by atoms with van der Waals surface area (Å²) >= 11 is 5.83. The fourth-order valence-corrected chi connectivity index (χ4v) is 1.24. The number of hydrogen-bond acceptors (Lipinski definition) is 0. The Morgan fingerprint density at radius 2 is 2.00 bits per heavy atom. The van der Waals surface area contributed by atoms with Crippen LogP contribution in [0.4, 0.5) is 0 Å². The van der Waals surface area contributed by atoms with Crippen molar-refractivity contribution in [2.75, 3.05) is 0 Å². The van der Waals surface area contributed by atoms with Crippen LogP contribution in [0.5, 0.6) is 0 Å². The molecule has 0 saturated carbocycles. The summed E-state index contributed by atoms with van der Waals surface area (Å²) in [4.78, 5) is 0. The fourth-order valence-electron chi connectivity index (χ4n) is 1.11. The minimum absolute atomic E-state index is 0.278. The zero-order valence-corrected chi connectivity index (χ0v) is 8.67. The van der Waals surface area contributed by atoms with Gasteiger partial charge in [-0.2, -0.15) is 0 Å². The van der Waals surface area contributed by atoms with Gasteiger partial charge in [0.05, 0.1) is 0 Å². The van der Waals surface area contributed by atoms with Crippen LogP contribution in [0.2, 0.25) is 0 Å². The Balaban J connectivity index is 2.33. The number of alkyl halides is 1. The molecule has 0 aliphatic carbocycles. The van der Waals surface area contributed by atoms with Crippen LogP contribution in [-0.2, 0) is 0 Å². The number of halogens is 1. The Morgan fingerprint density at radius 1 is 1.31 bits per heavy atom. The summed E-state index contributed by atoms with van der Waals surface area (Å²) in [6, 6.07) is 10.3. The topological polar surface area (TPSA) is 0 Å². The zero-order valence-electron chi connectivity index (χ0n) is 7.91. The molecule has 0 spiro atoms. The molecule has 1 aromatic carbocycles. The van der Waals surface area contributed by atoms with Crippen molar-refractivity contribution in [1.29, 1.82) is 0 Å². The molecular formula is C12H15Cl. The number of rotatable bonds is 4. The summed E-state index contributed by atoms with van der Waals surface area (Å²) in [5.74, 6) is 0. The Bertz CT molecular complexity index is 249. The molecule has 0 heterocycles. The molecule has 0 aliphatic heterocycles. The molecule has 0 bridgehead atoms. The normalized spacial score (nSPS) is 13.4. The molecule has 0 fully saturated rings. The highest BCUT2D eigenvalue weighted by Gasteiger charge is 1.91. The van der Waals surface area contributed by atoms with E-state index in [1.54, 1.807) is 0 Å². The average Bonchev–Trinajstić information content (AvgIpc) is 2.14. The molecule has 0 radical (unpaired) electrons. The minimum Gasteiger partial charge on any atom is -0.123 e. The molecule has 1 aromatic rings. The molecular weight excluding hydrogens is 180 g/mol. The van der Waals surface area contributed by atoms with Crippen molar-refractivity contribution in [3.05, 3.63) is 42.0 Å². The van der Waals surface area contributed by atoms with Gasteiger partial charge in [-0.25, -0.2) is 0 Å². The van der Waals surface area contributed by atoms with E-state index in [9.17, 15) is 0 Å². The van der Waals surface area contributed by atoms with Crippen molar-refractivity contribution in [3.8, 4) is 0 Å². The van der Waals surface area contributed by atoms with E-state index in [1.807, 2.05) is 25.1 Å². The maximum absolute atomic E-state index is 5.83. The van der Waals surface area contributed by atoms with Crippen molar-refractivity contribution in [1.82, 2.24) is 0 Å². The Morgan fingerprint density at radius 3 is 2.62 bits per heavy atom. The van der Waals surface area contributed by atoms with Crippen molar-refractivity contribution >= 4 is 17.7 Å². The minimum atomic E-state index is 0.278. The van der Waals surface area contributed by atoms with Crippen LogP contribution < -0.4 is 0 Å². The Hall–Kier alpha value is -0.750. The van der Waals surface area contributed by atoms with E-state index in [1.165, 1.54) is 5.56 Å². The monoisotopic (exact) mass is 194 g/mol. The molecule has 0 amide bonds. The van der Waals surface area contributed by atoms with E-state index in [0.29, 0.717) is 0 Å². The Labute approximate surface area is 85.2 Å². The quantitative estimate of drug-likeness (QED) is 0.633. The lowest BCUT2D eigenvalue weighted by atomic mass is 10.2. The molecule has 0 N–H and O–H groups in total. The van der Waals surface area contributed by atoms with Gasteiger partial charge in [0, 0.05) is 5.38 Å². The highest BCUT2D eigenvalue weighted by atomic mass is 35.5. The summed E-state index contributed by atoms with van der Waals surface area (Å²) in [5, 5.41) is 0.278. The van der Waals surface area contributed by atoms with E-state index >= 15 is 0 Å². The molecule has 0 nitrogen and oxygen atoms in total. The van der Waals surface area contributed by atoms with Crippen molar-refractivity contribution < 1.29 is 0 Å². The van der Waals surface area contributed by atoms with Gasteiger partial charge in [0.1, 0.15) is 0 Å². The van der Waals surface area contributed by atoms with Gasteiger partial charge in [0.15, 0.2) is 0 Å². The maximum Gasteiger partial charge on any atom is 0.0310 e. The lowest BCUT2D eigenvalue weighted by molar-refractivity contribution is 0.825. The molecule has 1 unspecified atom stereocenters. The van der Waals surface area contributed by atoms with Gasteiger partial charge in [-0.1, -0.05) is 42.5 Å². The van der Waals surface area contributed by atoms with Gasteiger partial charge in [-0.05, 0) is 25.3 Å². The maximum atomic E-state index is 5.83. The van der Waals surface area contributed by atoms with Gasteiger partial charge in [0.2, 0.25) is 0 Å². The van der Waals surface area contributed by atoms with Crippen LogP contribution in [-0.4, -0.2) is 5.38 Å². The molecule has 0 saturated heterocycles. The number of benzene rings is 1. The fraction of sp³-hybridized carbons (Fsp3) is 0.333. The van der Waals surface area contributed by atoms with Crippen molar-refractivity contribution in [3.63, 3.8) is 0 Å². The summed E-state index contributed by atoms with van der Waals surface area (Å²) in [6.07, 6.45) is 6.41. The highest BCUT2D eigenvalue weighted by molar-refractivity contribution is 6.20. The second kappa shape index (κ2) is 5.82. The van der Waals surface area contributed by atoms with Crippen LogP contribution in [0.25, 0.3) is 6.08 Å². The van der Waals surface area contributed by atoms with Gasteiger partial charge < -0.3 is 0 Å². The third-order valence-electron chi connectivity index (χ3n) is 1.84. The molecule has 1 atom stereocenters. The van der Waals surface area contributed by atoms with Crippen LogP contribution >= 0.6 is 11.6 Å². The van der Waals surface area contributed by atoms with E-state index in [0.717, 1.165) is 12.8 Å². The molecule has 1 heteroatoms. The summed E-state index contributed by atoms with van der Waals surface area (Å²) in [7, 11) is 0. The van der Waals surface area contributed by atoms with Gasteiger partial charge in [-0.15, -0.1) is 11.6 Å². The predicted molar refractivity (Wildman–Crippen MR) is 60.0 cm³/mol. The SMILES string of the molecule is CC(Cl)CC/C=C/c1ccccc1. The van der Waals surface area contributed by atoms with Crippen molar-refractivity contribution in [2.24, 2.45) is 0 Å². The first kappa shape index (κ1) is 10.3. The molecule has 0 aliphatic rings. The van der Waals surface area contributed by atoms with Crippen LogP contribution in [0.1, 0.15) is 25.3 Å². The van der Waals surface area contributed by atoms with Gasteiger partial charge in [0.25, 0.3) is 0 Å². The lowest BCUT2D eigenvalue weighted by Crippen LogP contribution is -1.87. The van der Waals surface area contributed by atoms with E-state index in [2.05, 4.69) is 24.3 Å². The number of allylic oxidation sites excluding steroid dienone is 1. The molecule has 13 heavy (non-hydrogen) atoms. The molecule has 1 rings (SSSR count). The van der Waals surface area contributed by atoms with Gasteiger partial charge in [-0.3, -0.25) is 0 Å². The first-order valence-electron chi connectivity index (χ1n) is 4.64. The van der Waals surface area contributed by atoms with Crippen LogP contribution in [0.3, 0.4) is 0 Å². The summed E-state index contributed by atoms with van der Waals surface area (Å²) in [5.41, 5.74) is 1.25. The lowest BCUT2D eigenvalue weighted by Gasteiger charge is -1.96. The van der Waals surface area contributed by atoms with Crippen LogP contribution in [0, 0.1) is 0 Å². The van der Waals surface area contributed by atoms with Crippen molar-refractivity contribution in [2.45, 2.75) is 25.1 Å². The largest absolute Gasteiger partial charge is 0.123 e. The zero-order chi connectivity index (χ0) is 9.52. The van der Waals surface area contributed by atoms with Gasteiger partial charge >= 0.3 is 0 Å².